The van der Waals surface area contributed by atoms with E-state index in [1.165, 1.54) is 18.4 Å². The zero-order chi connectivity index (χ0) is 11.7. The zero-order valence-electron chi connectivity index (χ0n) is 10.1. The van der Waals surface area contributed by atoms with Gasteiger partial charge in [-0.05, 0) is 43.7 Å². The van der Waals surface area contributed by atoms with Crippen molar-refractivity contribution >= 4 is 0 Å². The van der Waals surface area contributed by atoms with Crippen LogP contribution in [0.3, 0.4) is 0 Å². The summed E-state index contributed by atoms with van der Waals surface area (Å²) in [5.41, 5.74) is 7.51. The summed E-state index contributed by atoms with van der Waals surface area (Å²) in [6, 6.07) is 6.14. The second-order valence-electron chi connectivity index (χ2n) is 5.16. The van der Waals surface area contributed by atoms with E-state index < -0.39 is 0 Å². The van der Waals surface area contributed by atoms with Crippen molar-refractivity contribution in [1.29, 1.82) is 0 Å². The third kappa shape index (κ3) is 2.39. The van der Waals surface area contributed by atoms with Crippen LogP contribution in [0.5, 0.6) is 11.5 Å². The number of nitrogens with two attached hydrogens (primary N) is 1. The Kier molecular flexibility index (Phi) is 2.71. The molecule has 0 aromatic heterocycles. The van der Waals surface area contributed by atoms with Crippen LogP contribution in [-0.2, 0) is 6.42 Å². The molecule has 17 heavy (non-hydrogen) atoms. The normalized spacial score (nSPS) is 20.1. The first-order chi connectivity index (χ1) is 8.27. The molecule has 0 atom stereocenters. The predicted octanol–water partition coefficient (Wildman–Crippen LogP) is 2.27. The monoisotopic (exact) mass is 233 g/mol. The molecule has 2 aliphatic rings. The fraction of sp³-hybridized carbons (Fsp3) is 0.571. The molecule has 1 saturated carbocycles. The maximum Gasteiger partial charge on any atom is 0.164 e. The second kappa shape index (κ2) is 4.22. The molecule has 1 aromatic rings. The topological polar surface area (TPSA) is 44.5 Å². The molecule has 3 nitrogen and oxygen atoms in total. The van der Waals surface area contributed by atoms with Gasteiger partial charge in [-0.25, -0.2) is 0 Å². The lowest BCUT2D eigenvalue weighted by molar-refractivity contribution is 0.170. The molecule has 0 spiro atoms. The lowest BCUT2D eigenvalue weighted by atomic mass is 10.0. The molecule has 0 saturated heterocycles. The number of hydrogen-bond acceptors (Lipinski definition) is 3. The Balaban J connectivity index is 1.65. The number of para-hydroxylation sites is 1. The van der Waals surface area contributed by atoms with E-state index in [1.54, 1.807) is 0 Å². The minimum Gasteiger partial charge on any atom is -0.486 e. The van der Waals surface area contributed by atoms with Gasteiger partial charge >= 0.3 is 0 Å². The summed E-state index contributed by atoms with van der Waals surface area (Å²) in [6.45, 7) is 1.31. The van der Waals surface area contributed by atoms with Crippen LogP contribution < -0.4 is 15.2 Å². The van der Waals surface area contributed by atoms with Crippen LogP contribution >= 0.6 is 0 Å². The van der Waals surface area contributed by atoms with Crippen molar-refractivity contribution in [3.63, 3.8) is 0 Å². The van der Waals surface area contributed by atoms with Crippen molar-refractivity contribution in [2.75, 3.05) is 13.2 Å². The minimum absolute atomic E-state index is 0.159. The average Bonchev–Trinajstić information content (AvgIpc) is 3.08. The van der Waals surface area contributed by atoms with E-state index in [-0.39, 0.29) is 5.54 Å². The Morgan fingerprint density at radius 3 is 2.82 bits per heavy atom. The summed E-state index contributed by atoms with van der Waals surface area (Å²) in [4.78, 5) is 0. The SMILES string of the molecule is NC1(CCCc2cccc3c2OCCO3)CC1. The van der Waals surface area contributed by atoms with E-state index in [9.17, 15) is 0 Å². The number of rotatable bonds is 4. The summed E-state index contributed by atoms with van der Waals surface area (Å²) in [7, 11) is 0. The maximum absolute atomic E-state index is 6.09. The number of hydrogen-bond donors (Lipinski definition) is 1. The molecule has 1 aliphatic heterocycles. The fourth-order valence-electron chi connectivity index (χ4n) is 2.37. The van der Waals surface area contributed by atoms with Crippen molar-refractivity contribution < 1.29 is 9.47 Å². The van der Waals surface area contributed by atoms with Gasteiger partial charge in [-0.3, -0.25) is 0 Å². The predicted molar refractivity (Wildman–Crippen MR) is 66.5 cm³/mol. The lowest BCUT2D eigenvalue weighted by Crippen LogP contribution is -2.21. The van der Waals surface area contributed by atoms with Crippen molar-refractivity contribution in [1.82, 2.24) is 0 Å². The summed E-state index contributed by atoms with van der Waals surface area (Å²) < 4.78 is 11.3. The van der Waals surface area contributed by atoms with Crippen LogP contribution in [0.25, 0.3) is 0 Å². The molecular formula is C14H19NO2. The molecule has 3 heteroatoms. The summed E-state index contributed by atoms with van der Waals surface area (Å²) in [6.07, 6.45) is 5.68. The molecule has 1 aliphatic carbocycles. The van der Waals surface area contributed by atoms with Crippen molar-refractivity contribution in [3.8, 4) is 11.5 Å². The zero-order valence-corrected chi connectivity index (χ0v) is 10.1. The van der Waals surface area contributed by atoms with Crippen molar-refractivity contribution in [2.24, 2.45) is 5.73 Å². The van der Waals surface area contributed by atoms with Gasteiger partial charge in [-0.2, -0.15) is 0 Å². The highest BCUT2D eigenvalue weighted by molar-refractivity contribution is 5.47. The number of benzene rings is 1. The largest absolute Gasteiger partial charge is 0.486 e. The molecular weight excluding hydrogens is 214 g/mol. The molecule has 2 N–H and O–H groups in total. The number of aryl methyl sites for hydroxylation is 1. The highest BCUT2D eigenvalue weighted by atomic mass is 16.6. The molecule has 0 unspecified atom stereocenters. The number of ether oxygens (including phenoxy) is 2. The molecule has 3 rings (SSSR count). The van der Waals surface area contributed by atoms with Crippen LogP contribution in [0.4, 0.5) is 0 Å². The Morgan fingerprint density at radius 2 is 2.00 bits per heavy atom. The van der Waals surface area contributed by atoms with E-state index >= 15 is 0 Å². The van der Waals surface area contributed by atoms with Gasteiger partial charge in [-0.15, -0.1) is 0 Å². The van der Waals surface area contributed by atoms with Crippen molar-refractivity contribution in [2.45, 2.75) is 37.6 Å². The molecule has 0 bridgehead atoms. The summed E-state index contributed by atoms with van der Waals surface area (Å²) >= 11 is 0. The van der Waals surface area contributed by atoms with Crippen LogP contribution in [0.1, 0.15) is 31.2 Å². The first-order valence-corrected chi connectivity index (χ1v) is 6.43. The van der Waals surface area contributed by atoms with E-state index in [0.717, 1.165) is 30.8 Å². The average molecular weight is 233 g/mol. The molecule has 1 aromatic carbocycles. The van der Waals surface area contributed by atoms with Crippen molar-refractivity contribution in [3.05, 3.63) is 23.8 Å². The lowest BCUT2D eigenvalue weighted by Gasteiger charge is -2.21. The van der Waals surface area contributed by atoms with Gasteiger partial charge in [0.25, 0.3) is 0 Å². The Hall–Kier alpha value is -1.22. The third-order valence-electron chi connectivity index (χ3n) is 3.66. The van der Waals surface area contributed by atoms with E-state index in [1.807, 2.05) is 12.1 Å². The molecule has 0 amide bonds. The summed E-state index contributed by atoms with van der Waals surface area (Å²) in [5, 5.41) is 0. The Labute approximate surface area is 102 Å². The van der Waals surface area contributed by atoms with Gasteiger partial charge in [0.2, 0.25) is 0 Å². The van der Waals surface area contributed by atoms with Gasteiger partial charge in [-0.1, -0.05) is 12.1 Å². The summed E-state index contributed by atoms with van der Waals surface area (Å²) in [5.74, 6) is 1.84. The molecule has 1 fully saturated rings. The fourth-order valence-corrected chi connectivity index (χ4v) is 2.37. The first-order valence-electron chi connectivity index (χ1n) is 6.43. The smallest absolute Gasteiger partial charge is 0.164 e. The quantitative estimate of drug-likeness (QED) is 0.867. The Bertz CT molecular complexity index is 413. The highest BCUT2D eigenvalue weighted by Crippen LogP contribution is 2.38. The molecule has 0 radical (unpaired) electrons. The molecule has 92 valence electrons. The van der Waals surface area contributed by atoms with Gasteiger partial charge in [0, 0.05) is 5.54 Å². The maximum atomic E-state index is 6.09. The third-order valence-corrected chi connectivity index (χ3v) is 3.66. The second-order valence-corrected chi connectivity index (χ2v) is 5.16. The highest BCUT2D eigenvalue weighted by Gasteiger charge is 2.37. The van der Waals surface area contributed by atoms with E-state index in [4.69, 9.17) is 15.2 Å². The number of fused-ring (bicyclic) bond motifs is 1. The first kappa shape index (κ1) is 10.9. The van der Waals surface area contributed by atoms with Gasteiger partial charge < -0.3 is 15.2 Å². The van der Waals surface area contributed by atoms with Crippen LogP contribution in [0, 0.1) is 0 Å². The minimum atomic E-state index is 0.159. The van der Waals surface area contributed by atoms with Gasteiger partial charge in [0.15, 0.2) is 11.5 Å². The Morgan fingerprint density at radius 1 is 1.18 bits per heavy atom. The van der Waals surface area contributed by atoms with Crippen LogP contribution in [0.15, 0.2) is 18.2 Å². The van der Waals surface area contributed by atoms with E-state index in [2.05, 4.69) is 6.07 Å². The van der Waals surface area contributed by atoms with Crippen LogP contribution in [-0.4, -0.2) is 18.8 Å². The molecule has 1 heterocycles. The van der Waals surface area contributed by atoms with E-state index in [0.29, 0.717) is 13.2 Å². The van der Waals surface area contributed by atoms with Gasteiger partial charge in [0.1, 0.15) is 13.2 Å². The standard InChI is InChI=1S/C14H19NO2/c15-14(7-8-14)6-2-4-11-3-1-5-12-13(11)17-10-9-16-12/h1,3,5H,2,4,6-10,15H2. The van der Waals surface area contributed by atoms with Gasteiger partial charge in [0.05, 0.1) is 0 Å². The van der Waals surface area contributed by atoms with Crippen LogP contribution in [0.2, 0.25) is 0 Å².